The summed E-state index contributed by atoms with van der Waals surface area (Å²) in [6, 6.07) is 18.7. The molecule has 1 saturated heterocycles. The van der Waals surface area contributed by atoms with E-state index < -0.39 is 6.03 Å². The summed E-state index contributed by atoms with van der Waals surface area (Å²) in [5.41, 5.74) is 1.89. The van der Waals surface area contributed by atoms with E-state index in [1.807, 2.05) is 60.7 Å². The minimum absolute atomic E-state index is 0.168. The maximum absolute atomic E-state index is 12.5. The fourth-order valence-corrected chi connectivity index (χ4v) is 2.44. The second-order valence-corrected chi connectivity index (χ2v) is 5.36. The molecule has 0 bridgehead atoms. The zero-order valence-corrected chi connectivity index (χ0v) is 12.7. The third kappa shape index (κ3) is 3.76. The number of hydrogen-bond donors (Lipinski definition) is 0. The standard InChI is InChI=1S/C18H18N2O3/c21-17-11-12-20(23-14-16-9-5-2-6-10-16)18(22)19(17)13-15-7-3-1-4-8-15/h1-10H,11-14H2. The maximum atomic E-state index is 12.5. The lowest BCUT2D eigenvalue weighted by molar-refractivity contribution is -0.162. The molecule has 0 aromatic heterocycles. The molecule has 5 nitrogen and oxygen atoms in total. The van der Waals surface area contributed by atoms with E-state index in [-0.39, 0.29) is 25.4 Å². The molecule has 0 atom stereocenters. The van der Waals surface area contributed by atoms with E-state index in [1.165, 1.54) is 9.96 Å². The number of benzene rings is 2. The smallest absolute Gasteiger partial charge is 0.274 e. The average molecular weight is 310 g/mol. The number of nitrogens with zero attached hydrogens (tertiary/aromatic N) is 2. The molecule has 23 heavy (non-hydrogen) atoms. The van der Waals surface area contributed by atoms with Gasteiger partial charge in [-0.05, 0) is 11.1 Å². The first-order valence-corrected chi connectivity index (χ1v) is 7.56. The average Bonchev–Trinajstić information content (AvgIpc) is 2.60. The molecular formula is C18H18N2O3. The Balaban J connectivity index is 1.64. The van der Waals surface area contributed by atoms with Crippen molar-refractivity contribution < 1.29 is 14.4 Å². The quantitative estimate of drug-likeness (QED) is 0.853. The Bertz CT molecular complexity index is 673. The molecule has 3 amide bonds. The van der Waals surface area contributed by atoms with Crippen LogP contribution in [0.4, 0.5) is 4.79 Å². The van der Waals surface area contributed by atoms with Gasteiger partial charge in [0.1, 0.15) is 6.61 Å². The Kier molecular flexibility index (Phi) is 4.68. The highest BCUT2D eigenvalue weighted by Gasteiger charge is 2.32. The van der Waals surface area contributed by atoms with Crippen LogP contribution in [0.2, 0.25) is 0 Å². The van der Waals surface area contributed by atoms with Gasteiger partial charge in [0.05, 0.1) is 13.1 Å². The Labute approximate surface area is 135 Å². The summed E-state index contributed by atoms with van der Waals surface area (Å²) in [5.74, 6) is -0.168. The van der Waals surface area contributed by atoms with Crippen LogP contribution in [0.1, 0.15) is 17.5 Å². The molecule has 2 aromatic rings. The van der Waals surface area contributed by atoms with Crippen molar-refractivity contribution in [1.29, 1.82) is 0 Å². The van der Waals surface area contributed by atoms with Crippen LogP contribution in [0.3, 0.4) is 0 Å². The van der Waals surface area contributed by atoms with Crippen molar-refractivity contribution >= 4 is 11.9 Å². The van der Waals surface area contributed by atoms with Crippen LogP contribution in [0, 0.1) is 0 Å². The third-order valence-electron chi connectivity index (χ3n) is 3.69. The van der Waals surface area contributed by atoms with Crippen molar-refractivity contribution in [2.24, 2.45) is 0 Å². The second kappa shape index (κ2) is 7.07. The minimum Gasteiger partial charge on any atom is -0.274 e. The van der Waals surface area contributed by atoms with Crippen molar-refractivity contribution in [3.63, 3.8) is 0 Å². The summed E-state index contributed by atoms with van der Waals surface area (Å²) < 4.78 is 0. The van der Waals surface area contributed by atoms with E-state index >= 15 is 0 Å². The summed E-state index contributed by atoms with van der Waals surface area (Å²) in [5, 5.41) is 1.28. The molecule has 5 heteroatoms. The van der Waals surface area contributed by atoms with Crippen molar-refractivity contribution in [2.45, 2.75) is 19.6 Å². The van der Waals surface area contributed by atoms with E-state index in [0.717, 1.165) is 11.1 Å². The van der Waals surface area contributed by atoms with Gasteiger partial charge in [-0.25, -0.2) is 9.86 Å². The van der Waals surface area contributed by atoms with E-state index in [1.54, 1.807) is 0 Å². The topological polar surface area (TPSA) is 49.9 Å². The van der Waals surface area contributed by atoms with E-state index in [9.17, 15) is 9.59 Å². The molecule has 2 aromatic carbocycles. The number of hydrogen-bond acceptors (Lipinski definition) is 3. The van der Waals surface area contributed by atoms with Gasteiger partial charge in [-0.3, -0.25) is 14.5 Å². The molecule has 0 saturated carbocycles. The molecule has 1 heterocycles. The van der Waals surface area contributed by atoms with Crippen LogP contribution in [-0.2, 0) is 22.8 Å². The molecule has 1 aliphatic heterocycles. The largest absolute Gasteiger partial charge is 0.350 e. The van der Waals surface area contributed by atoms with Gasteiger partial charge in [0.15, 0.2) is 0 Å². The molecular weight excluding hydrogens is 292 g/mol. The van der Waals surface area contributed by atoms with Crippen molar-refractivity contribution in [3.05, 3.63) is 71.8 Å². The van der Waals surface area contributed by atoms with Gasteiger partial charge >= 0.3 is 6.03 Å². The van der Waals surface area contributed by atoms with Crippen LogP contribution in [0.25, 0.3) is 0 Å². The van der Waals surface area contributed by atoms with Gasteiger partial charge in [0.25, 0.3) is 0 Å². The van der Waals surface area contributed by atoms with Crippen LogP contribution in [-0.4, -0.2) is 28.4 Å². The molecule has 0 radical (unpaired) electrons. The summed E-state index contributed by atoms with van der Waals surface area (Å²) in [7, 11) is 0. The van der Waals surface area contributed by atoms with Crippen LogP contribution in [0.15, 0.2) is 60.7 Å². The van der Waals surface area contributed by atoms with Crippen molar-refractivity contribution in [3.8, 4) is 0 Å². The number of urea groups is 1. The number of amides is 3. The highest BCUT2D eigenvalue weighted by molar-refractivity contribution is 5.96. The Hall–Kier alpha value is -2.66. The van der Waals surface area contributed by atoms with E-state index in [2.05, 4.69) is 0 Å². The molecule has 1 aliphatic rings. The predicted octanol–water partition coefficient (Wildman–Crippen LogP) is 2.97. The van der Waals surface area contributed by atoms with Crippen LogP contribution >= 0.6 is 0 Å². The molecule has 0 aliphatic carbocycles. The number of hydroxylamine groups is 2. The zero-order chi connectivity index (χ0) is 16.1. The first-order valence-electron chi connectivity index (χ1n) is 7.56. The molecule has 3 rings (SSSR count). The molecule has 118 valence electrons. The number of carbonyl (C=O) groups excluding carboxylic acids is 2. The number of rotatable bonds is 5. The maximum Gasteiger partial charge on any atom is 0.350 e. The molecule has 0 unspecified atom stereocenters. The highest BCUT2D eigenvalue weighted by atomic mass is 16.7. The molecule has 0 N–H and O–H groups in total. The van der Waals surface area contributed by atoms with Crippen molar-refractivity contribution in [1.82, 2.24) is 9.96 Å². The van der Waals surface area contributed by atoms with Gasteiger partial charge in [-0.2, -0.15) is 0 Å². The number of imide groups is 1. The summed E-state index contributed by atoms with van der Waals surface area (Å²) in [4.78, 5) is 31.3. The second-order valence-electron chi connectivity index (χ2n) is 5.36. The lowest BCUT2D eigenvalue weighted by atomic mass is 10.2. The Morgan fingerprint density at radius 1 is 0.870 bits per heavy atom. The van der Waals surface area contributed by atoms with Gasteiger partial charge in [0.2, 0.25) is 5.91 Å². The monoisotopic (exact) mass is 310 g/mol. The first kappa shape index (κ1) is 15.2. The lowest BCUT2D eigenvalue weighted by Crippen LogP contribution is -2.51. The van der Waals surface area contributed by atoms with Crippen LogP contribution < -0.4 is 0 Å². The first-order chi connectivity index (χ1) is 11.2. The SMILES string of the molecule is O=C1CCN(OCc2ccccc2)C(=O)N1Cc1ccccc1. The summed E-state index contributed by atoms with van der Waals surface area (Å²) >= 11 is 0. The minimum atomic E-state index is -0.402. The third-order valence-corrected chi connectivity index (χ3v) is 3.69. The fourth-order valence-electron chi connectivity index (χ4n) is 2.44. The summed E-state index contributed by atoms with van der Waals surface area (Å²) in [6.45, 7) is 0.861. The normalized spacial score (nSPS) is 15.1. The fraction of sp³-hybridized carbons (Fsp3) is 0.222. The Morgan fingerprint density at radius 2 is 1.48 bits per heavy atom. The predicted molar refractivity (Wildman–Crippen MR) is 84.9 cm³/mol. The van der Waals surface area contributed by atoms with E-state index in [4.69, 9.17) is 4.84 Å². The van der Waals surface area contributed by atoms with Crippen LogP contribution in [0.5, 0.6) is 0 Å². The zero-order valence-electron chi connectivity index (χ0n) is 12.7. The summed E-state index contributed by atoms with van der Waals surface area (Å²) in [6.07, 6.45) is 0.271. The molecule has 1 fully saturated rings. The van der Waals surface area contributed by atoms with Crippen molar-refractivity contribution in [2.75, 3.05) is 6.54 Å². The highest BCUT2D eigenvalue weighted by Crippen LogP contribution is 2.16. The lowest BCUT2D eigenvalue weighted by Gasteiger charge is -2.33. The number of carbonyl (C=O) groups is 2. The Morgan fingerprint density at radius 3 is 2.13 bits per heavy atom. The molecule has 0 spiro atoms. The van der Waals surface area contributed by atoms with Gasteiger partial charge in [-0.15, -0.1) is 0 Å². The van der Waals surface area contributed by atoms with Gasteiger partial charge < -0.3 is 0 Å². The van der Waals surface area contributed by atoms with Gasteiger partial charge in [0, 0.05) is 6.42 Å². The van der Waals surface area contributed by atoms with E-state index in [0.29, 0.717) is 6.61 Å². The van der Waals surface area contributed by atoms with Gasteiger partial charge in [-0.1, -0.05) is 60.7 Å².